The number of aryl methyl sites for hydroxylation is 1. The Balaban J connectivity index is 1.69. The van der Waals surface area contributed by atoms with Crippen molar-refractivity contribution in [2.45, 2.75) is 13.5 Å². The second-order valence-corrected chi connectivity index (χ2v) is 10.9. The Kier molecular flexibility index (Phi) is 9.36. The molecule has 36 heavy (non-hydrogen) atoms. The molecule has 0 aliphatic rings. The highest BCUT2D eigenvalue weighted by Gasteiger charge is 2.22. The van der Waals surface area contributed by atoms with Crippen LogP contribution in [-0.2, 0) is 21.4 Å². The summed E-state index contributed by atoms with van der Waals surface area (Å²) in [5.74, 6) is 0.346. The molecule has 3 rings (SSSR count). The summed E-state index contributed by atoms with van der Waals surface area (Å²) < 4.78 is 37.6. The Labute approximate surface area is 224 Å². The number of halogens is 2. The number of nitrogens with one attached hydrogen (secondary N) is 1. The van der Waals surface area contributed by atoms with Gasteiger partial charge in [-0.3, -0.25) is 9.10 Å². The summed E-state index contributed by atoms with van der Waals surface area (Å²) in [6.07, 6.45) is 2.47. The molecule has 0 heterocycles. The van der Waals surface area contributed by atoms with Gasteiger partial charge in [0, 0.05) is 10.6 Å². The largest absolute Gasteiger partial charge is 0.493 e. The van der Waals surface area contributed by atoms with Gasteiger partial charge in [0.05, 0.1) is 29.7 Å². The number of hydrogen-bond donors (Lipinski definition) is 1. The van der Waals surface area contributed by atoms with Gasteiger partial charge in [0.15, 0.2) is 11.5 Å². The van der Waals surface area contributed by atoms with Crippen LogP contribution in [0.15, 0.2) is 70.2 Å². The fourth-order valence-electron chi connectivity index (χ4n) is 3.29. The lowest BCUT2D eigenvalue weighted by Gasteiger charge is -2.23. The Bertz CT molecular complexity index is 1380. The van der Waals surface area contributed by atoms with Crippen LogP contribution < -0.4 is 19.2 Å². The minimum Gasteiger partial charge on any atom is -0.493 e. The second-order valence-electron chi connectivity index (χ2n) is 7.76. The van der Waals surface area contributed by atoms with E-state index in [0.29, 0.717) is 32.2 Å². The van der Waals surface area contributed by atoms with E-state index < -0.39 is 22.5 Å². The second kappa shape index (κ2) is 12.2. The van der Waals surface area contributed by atoms with Gasteiger partial charge < -0.3 is 9.47 Å². The van der Waals surface area contributed by atoms with Crippen molar-refractivity contribution in [1.82, 2.24) is 5.43 Å². The molecular weight excluding hydrogens is 570 g/mol. The number of ether oxygens (including phenoxy) is 2. The zero-order chi connectivity index (χ0) is 26.3. The number of hydrazone groups is 1. The molecule has 0 saturated heterocycles. The fraction of sp³-hybridized carbons (Fsp3) is 0.200. The normalized spacial score (nSPS) is 11.4. The van der Waals surface area contributed by atoms with E-state index in [-0.39, 0.29) is 6.61 Å². The predicted molar refractivity (Wildman–Crippen MR) is 146 cm³/mol. The molecule has 0 radical (unpaired) electrons. The number of anilines is 1. The van der Waals surface area contributed by atoms with Crippen LogP contribution in [-0.4, -0.2) is 40.4 Å². The number of methoxy groups -OCH3 is 1. The summed E-state index contributed by atoms with van der Waals surface area (Å²) in [6, 6.07) is 17.7. The van der Waals surface area contributed by atoms with Crippen LogP contribution in [0, 0.1) is 6.92 Å². The van der Waals surface area contributed by atoms with Crippen molar-refractivity contribution in [2.75, 3.05) is 24.2 Å². The molecule has 11 heteroatoms. The summed E-state index contributed by atoms with van der Waals surface area (Å²) in [6.45, 7) is 1.61. The van der Waals surface area contributed by atoms with E-state index in [1.807, 2.05) is 18.2 Å². The molecule has 8 nitrogen and oxygen atoms in total. The molecule has 1 N–H and O–H groups in total. The average molecular weight is 595 g/mol. The van der Waals surface area contributed by atoms with Crippen molar-refractivity contribution in [1.29, 1.82) is 0 Å². The van der Waals surface area contributed by atoms with Gasteiger partial charge in [-0.05, 0) is 58.2 Å². The number of para-hydroxylation sites is 1. The number of hydrogen-bond acceptors (Lipinski definition) is 6. The van der Waals surface area contributed by atoms with E-state index in [1.165, 1.54) is 13.3 Å². The van der Waals surface area contributed by atoms with Gasteiger partial charge in [-0.2, -0.15) is 5.10 Å². The topological polar surface area (TPSA) is 97.3 Å². The molecule has 0 aliphatic heterocycles. The van der Waals surface area contributed by atoms with E-state index in [0.717, 1.165) is 21.7 Å². The molecule has 190 valence electrons. The first-order valence-corrected chi connectivity index (χ1v) is 13.7. The van der Waals surface area contributed by atoms with Crippen LogP contribution in [0.5, 0.6) is 11.5 Å². The maximum atomic E-state index is 12.5. The molecule has 0 aliphatic carbocycles. The van der Waals surface area contributed by atoms with E-state index in [2.05, 4.69) is 26.5 Å². The van der Waals surface area contributed by atoms with Gasteiger partial charge in [0.2, 0.25) is 10.0 Å². The van der Waals surface area contributed by atoms with Gasteiger partial charge in [-0.15, -0.1) is 0 Å². The number of carbonyl (C=O) groups excluding carboxylic acids is 1. The van der Waals surface area contributed by atoms with Crippen molar-refractivity contribution >= 4 is 55.4 Å². The molecule has 0 spiro atoms. The molecule has 0 fully saturated rings. The lowest BCUT2D eigenvalue weighted by Crippen LogP contribution is -2.39. The minimum atomic E-state index is -3.68. The van der Waals surface area contributed by atoms with Crippen molar-refractivity contribution in [3.8, 4) is 11.5 Å². The third kappa shape index (κ3) is 7.22. The lowest BCUT2D eigenvalue weighted by atomic mass is 10.2. The van der Waals surface area contributed by atoms with Gasteiger partial charge >= 0.3 is 0 Å². The Morgan fingerprint density at radius 3 is 2.53 bits per heavy atom. The summed E-state index contributed by atoms with van der Waals surface area (Å²) >= 11 is 9.68. The van der Waals surface area contributed by atoms with Gasteiger partial charge in [-0.1, -0.05) is 48.0 Å². The first-order valence-electron chi connectivity index (χ1n) is 10.7. The predicted octanol–water partition coefficient (Wildman–Crippen LogP) is 4.91. The third-order valence-corrected chi connectivity index (χ3v) is 7.14. The smallest absolute Gasteiger partial charge is 0.260 e. The fourth-order valence-corrected chi connectivity index (χ4v) is 4.97. The van der Waals surface area contributed by atoms with E-state index >= 15 is 0 Å². The van der Waals surface area contributed by atoms with E-state index in [9.17, 15) is 13.2 Å². The summed E-state index contributed by atoms with van der Waals surface area (Å²) in [4.78, 5) is 12.5. The Morgan fingerprint density at radius 1 is 1.17 bits per heavy atom. The van der Waals surface area contributed by atoms with Crippen molar-refractivity contribution in [3.05, 3.63) is 86.8 Å². The SMILES string of the molecule is COc1cc(/C=N\NC(=O)CN(c2ccccc2C)S(C)(=O)=O)cc(Br)c1OCc1ccccc1Cl. The molecular formula is C25H25BrClN3O5S. The van der Waals surface area contributed by atoms with Crippen molar-refractivity contribution in [3.63, 3.8) is 0 Å². The van der Waals surface area contributed by atoms with Crippen LogP contribution in [0.2, 0.25) is 5.02 Å². The van der Waals surface area contributed by atoms with Crippen LogP contribution >= 0.6 is 27.5 Å². The van der Waals surface area contributed by atoms with Gasteiger partial charge in [0.25, 0.3) is 5.91 Å². The number of nitrogens with zero attached hydrogens (tertiary/aromatic N) is 2. The first-order chi connectivity index (χ1) is 17.1. The summed E-state index contributed by atoms with van der Waals surface area (Å²) in [5, 5.41) is 4.56. The Hall–Kier alpha value is -3.08. The standard InChI is InChI=1S/C25H25BrClN3O5S/c1-17-8-4-7-11-22(17)30(36(3,32)33)15-24(31)29-28-14-18-12-20(26)25(23(13-18)34-2)35-16-19-9-5-6-10-21(19)27/h4-14H,15-16H2,1-3H3,(H,29,31)/b28-14-. The summed E-state index contributed by atoms with van der Waals surface area (Å²) in [5.41, 5.74) is 4.97. The monoisotopic (exact) mass is 593 g/mol. The Morgan fingerprint density at radius 2 is 1.86 bits per heavy atom. The third-order valence-electron chi connectivity index (χ3n) is 5.06. The molecule has 0 atom stereocenters. The van der Waals surface area contributed by atoms with Crippen LogP contribution in [0.3, 0.4) is 0 Å². The highest BCUT2D eigenvalue weighted by atomic mass is 79.9. The number of rotatable bonds is 10. The molecule has 1 amide bonds. The van der Waals surface area contributed by atoms with Gasteiger partial charge in [-0.25, -0.2) is 13.8 Å². The minimum absolute atomic E-state index is 0.246. The number of amides is 1. The van der Waals surface area contributed by atoms with E-state index in [1.54, 1.807) is 49.4 Å². The highest BCUT2D eigenvalue weighted by Crippen LogP contribution is 2.37. The lowest BCUT2D eigenvalue weighted by molar-refractivity contribution is -0.119. The van der Waals surface area contributed by atoms with Crippen molar-refractivity contribution < 1.29 is 22.7 Å². The molecule has 0 unspecified atom stereocenters. The zero-order valence-corrected chi connectivity index (χ0v) is 23.0. The quantitative estimate of drug-likeness (QED) is 0.266. The van der Waals surface area contributed by atoms with Crippen LogP contribution in [0.25, 0.3) is 0 Å². The van der Waals surface area contributed by atoms with Gasteiger partial charge in [0.1, 0.15) is 13.2 Å². The highest BCUT2D eigenvalue weighted by molar-refractivity contribution is 9.10. The molecule has 0 bridgehead atoms. The van der Waals surface area contributed by atoms with Crippen LogP contribution in [0.4, 0.5) is 5.69 Å². The first kappa shape index (κ1) is 27.5. The summed E-state index contributed by atoms with van der Waals surface area (Å²) in [7, 11) is -2.17. The maximum absolute atomic E-state index is 12.5. The molecule has 3 aromatic rings. The number of benzene rings is 3. The average Bonchev–Trinajstić information content (AvgIpc) is 2.82. The number of carbonyl (C=O) groups is 1. The molecule has 0 aromatic heterocycles. The van der Waals surface area contributed by atoms with Crippen molar-refractivity contribution in [2.24, 2.45) is 5.10 Å². The molecule has 0 saturated carbocycles. The maximum Gasteiger partial charge on any atom is 0.260 e. The zero-order valence-electron chi connectivity index (χ0n) is 19.9. The molecule has 3 aromatic carbocycles. The number of sulfonamides is 1. The van der Waals surface area contributed by atoms with Crippen LogP contribution in [0.1, 0.15) is 16.7 Å². The van der Waals surface area contributed by atoms with E-state index in [4.69, 9.17) is 21.1 Å².